The van der Waals surface area contributed by atoms with Crippen LogP contribution in [0, 0.1) is 5.92 Å². The van der Waals surface area contributed by atoms with Crippen molar-refractivity contribution < 1.29 is 5.11 Å². The van der Waals surface area contributed by atoms with E-state index in [0.717, 1.165) is 41.8 Å². The maximum absolute atomic E-state index is 9.67. The van der Waals surface area contributed by atoms with E-state index in [9.17, 15) is 5.11 Å². The Hall–Kier alpha value is -2.53. The minimum absolute atomic E-state index is 0.175. The van der Waals surface area contributed by atoms with Crippen LogP contribution in [0.4, 0.5) is 5.82 Å². The standard InChI is InChI=1S/C19H20N4O/c24-15-9-13(10-15)18(11-14-5-3-4-8-20-14)23-19-12-21-16-6-1-2-7-17(16)22-19/h1-8,12-13,15,18,24H,9-11H2,(H,22,23)/t13?,15?,18-/m1/s1. The Morgan fingerprint density at radius 2 is 1.83 bits per heavy atom. The maximum atomic E-state index is 9.67. The molecular weight excluding hydrogens is 300 g/mol. The fourth-order valence-electron chi connectivity index (χ4n) is 3.25. The van der Waals surface area contributed by atoms with Gasteiger partial charge in [0.25, 0.3) is 0 Å². The molecule has 1 aromatic carbocycles. The molecule has 2 heterocycles. The highest BCUT2D eigenvalue weighted by molar-refractivity contribution is 5.75. The van der Waals surface area contributed by atoms with Gasteiger partial charge >= 0.3 is 0 Å². The molecule has 0 aliphatic heterocycles. The Balaban J connectivity index is 1.55. The van der Waals surface area contributed by atoms with Crippen molar-refractivity contribution in [1.29, 1.82) is 0 Å². The molecule has 2 aromatic heterocycles. The molecule has 4 rings (SSSR count). The van der Waals surface area contributed by atoms with Crippen molar-refractivity contribution in [1.82, 2.24) is 15.0 Å². The van der Waals surface area contributed by atoms with Crippen LogP contribution in [0.15, 0.2) is 54.9 Å². The molecule has 0 amide bonds. The molecular formula is C19H20N4O. The van der Waals surface area contributed by atoms with Crippen molar-refractivity contribution in [3.63, 3.8) is 0 Å². The molecule has 0 radical (unpaired) electrons. The van der Waals surface area contributed by atoms with Gasteiger partial charge in [0.15, 0.2) is 0 Å². The van der Waals surface area contributed by atoms with Gasteiger partial charge in [-0.1, -0.05) is 18.2 Å². The number of aliphatic hydroxyl groups is 1. The molecule has 1 atom stereocenters. The Morgan fingerprint density at radius 1 is 1.04 bits per heavy atom. The van der Waals surface area contributed by atoms with E-state index in [4.69, 9.17) is 0 Å². The summed E-state index contributed by atoms with van der Waals surface area (Å²) >= 11 is 0. The highest BCUT2D eigenvalue weighted by atomic mass is 16.3. The zero-order valence-corrected chi connectivity index (χ0v) is 13.3. The molecule has 1 fully saturated rings. The number of hydrogen-bond acceptors (Lipinski definition) is 5. The number of nitrogens with one attached hydrogen (secondary N) is 1. The van der Waals surface area contributed by atoms with Gasteiger partial charge in [0.2, 0.25) is 0 Å². The van der Waals surface area contributed by atoms with Gasteiger partial charge in [0.1, 0.15) is 5.82 Å². The highest BCUT2D eigenvalue weighted by Gasteiger charge is 2.34. The van der Waals surface area contributed by atoms with Gasteiger partial charge in [-0.15, -0.1) is 0 Å². The van der Waals surface area contributed by atoms with Gasteiger partial charge in [-0.2, -0.15) is 0 Å². The van der Waals surface area contributed by atoms with E-state index in [-0.39, 0.29) is 12.1 Å². The molecule has 122 valence electrons. The van der Waals surface area contributed by atoms with Crippen molar-refractivity contribution in [2.24, 2.45) is 5.92 Å². The number of aliphatic hydroxyl groups excluding tert-OH is 1. The van der Waals surface area contributed by atoms with Gasteiger partial charge in [-0.05, 0) is 43.0 Å². The first-order valence-corrected chi connectivity index (χ1v) is 8.34. The third kappa shape index (κ3) is 3.21. The zero-order chi connectivity index (χ0) is 16.4. The number of para-hydroxylation sites is 2. The average molecular weight is 320 g/mol. The highest BCUT2D eigenvalue weighted by Crippen LogP contribution is 2.33. The van der Waals surface area contributed by atoms with Crippen LogP contribution in [-0.2, 0) is 6.42 Å². The van der Waals surface area contributed by atoms with Crippen LogP contribution in [0.3, 0.4) is 0 Å². The molecule has 3 aromatic rings. The second-order valence-electron chi connectivity index (χ2n) is 6.41. The zero-order valence-electron chi connectivity index (χ0n) is 13.3. The minimum Gasteiger partial charge on any atom is -0.393 e. The lowest BCUT2D eigenvalue weighted by molar-refractivity contribution is 0.0340. The van der Waals surface area contributed by atoms with E-state index >= 15 is 0 Å². The molecule has 2 N–H and O–H groups in total. The number of benzene rings is 1. The summed E-state index contributed by atoms with van der Waals surface area (Å²) in [5.74, 6) is 1.20. The summed E-state index contributed by atoms with van der Waals surface area (Å²) in [7, 11) is 0. The summed E-state index contributed by atoms with van der Waals surface area (Å²) < 4.78 is 0. The second kappa shape index (κ2) is 6.53. The van der Waals surface area contributed by atoms with Gasteiger partial charge in [0, 0.05) is 24.4 Å². The van der Waals surface area contributed by atoms with Crippen LogP contribution in [0.2, 0.25) is 0 Å². The van der Waals surface area contributed by atoms with Gasteiger partial charge in [-0.25, -0.2) is 4.98 Å². The van der Waals surface area contributed by atoms with E-state index in [2.05, 4.69) is 20.3 Å². The first-order valence-electron chi connectivity index (χ1n) is 8.34. The second-order valence-corrected chi connectivity index (χ2v) is 6.41. The summed E-state index contributed by atoms with van der Waals surface area (Å²) in [6.07, 6.45) is 5.88. The van der Waals surface area contributed by atoms with Gasteiger partial charge in [0.05, 0.1) is 23.3 Å². The summed E-state index contributed by atoms with van der Waals surface area (Å²) in [6.45, 7) is 0. The molecule has 0 bridgehead atoms. The molecule has 1 saturated carbocycles. The Labute approximate surface area is 140 Å². The number of nitrogens with zero attached hydrogens (tertiary/aromatic N) is 3. The van der Waals surface area contributed by atoms with E-state index in [0.29, 0.717) is 5.92 Å². The summed E-state index contributed by atoms with van der Waals surface area (Å²) in [6, 6.07) is 14.0. The van der Waals surface area contributed by atoms with E-state index in [1.54, 1.807) is 6.20 Å². The smallest absolute Gasteiger partial charge is 0.145 e. The van der Waals surface area contributed by atoms with Crippen molar-refractivity contribution in [3.05, 3.63) is 60.6 Å². The third-order valence-corrected chi connectivity index (χ3v) is 4.66. The van der Waals surface area contributed by atoms with Crippen molar-refractivity contribution in [3.8, 4) is 0 Å². The first kappa shape index (κ1) is 15.0. The van der Waals surface area contributed by atoms with Crippen LogP contribution in [0.5, 0.6) is 0 Å². The van der Waals surface area contributed by atoms with Crippen LogP contribution >= 0.6 is 0 Å². The van der Waals surface area contributed by atoms with Crippen LogP contribution in [-0.4, -0.2) is 32.2 Å². The molecule has 24 heavy (non-hydrogen) atoms. The third-order valence-electron chi connectivity index (χ3n) is 4.66. The summed E-state index contributed by atoms with van der Waals surface area (Å²) in [5.41, 5.74) is 2.82. The summed E-state index contributed by atoms with van der Waals surface area (Å²) in [5, 5.41) is 13.2. The molecule has 0 unspecified atom stereocenters. The lowest BCUT2D eigenvalue weighted by atomic mass is 9.76. The first-order chi connectivity index (χ1) is 11.8. The molecule has 5 heteroatoms. The quantitative estimate of drug-likeness (QED) is 0.756. The molecule has 1 aliphatic carbocycles. The normalized spacial score (nSPS) is 21.2. The van der Waals surface area contributed by atoms with Crippen LogP contribution in [0.25, 0.3) is 11.0 Å². The average Bonchev–Trinajstić information content (AvgIpc) is 2.59. The number of anilines is 1. The van der Waals surface area contributed by atoms with E-state index < -0.39 is 0 Å². The number of aromatic nitrogens is 3. The number of rotatable bonds is 5. The maximum Gasteiger partial charge on any atom is 0.145 e. The monoisotopic (exact) mass is 320 g/mol. The predicted octanol–water partition coefficient (Wildman–Crippen LogP) is 2.82. The molecule has 1 aliphatic rings. The Bertz CT molecular complexity index is 818. The van der Waals surface area contributed by atoms with Crippen LogP contribution < -0.4 is 5.32 Å². The number of pyridine rings is 1. The van der Waals surface area contributed by atoms with E-state index in [1.165, 1.54) is 0 Å². The van der Waals surface area contributed by atoms with Gasteiger partial charge < -0.3 is 10.4 Å². The van der Waals surface area contributed by atoms with Gasteiger partial charge in [-0.3, -0.25) is 9.97 Å². The minimum atomic E-state index is -0.175. The fraction of sp³-hybridized carbons (Fsp3) is 0.316. The molecule has 0 saturated heterocycles. The Morgan fingerprint density at radius 3 is 2.58 bits per heavy atom. The Kier molecular flexibility index (Phi) is 4.09. The predicted molar refractivity (Wildman–Crippen MR) is 93.6 cm³/mol. The largest absolute Gasteiger partial charge is 0.393 e. The van der Waals surface area contributed by atoms with Crippen molar-refractivity contribution in [2.75, 3.05) is 5.32 Å². The van der Waals surface area contributed by atoms with Crippen molar-refractivity contribution in [2.45, 2.75) is 31.4 Å². The van der Waals surface area contributed by atoms with Crippen molar-refractivity contribution >= 4 is 16.9 Å². The topological polar surface area (TPSA) is 70.9 Å². The summed E-state index contributed by atoms with van der Waals surface area (Å²) in [4.78, 5) is 13.6. The molecule has 0 spiro atoms. The fourth-order valence-corrected chi connectivity index (χ4v) is 3.25. The lowest BCUT2D eigenvalue weighted by Gasteiger charge is -2.38. The lowest BCUT2D eigenvalue weighted by Crippen LogP contribution is -2.42. The number of hydrogen-bond donors (Lipinski definition) is 2. The SMILES string of the molecule is OC1CC([C@@H](Cc2ccccn2)Nc2cnc3ccccc3n2)C1. The van der Waals surface area contributed by atoms with E-state index in [1.807, 2.05) is 48.7 Å². The number of fused-ring (bicyclic) bond motifs is 1. The molecule has 5 nitrogen and oxygen atoms in total. The van der Waals surface area contributed by atoms with Crippen LogP contribution in [0.1, 0.15) is 18.5 Å².